The fourth-order valence-corrected chi connectivity index (χ4v) is 0.201. The van der Waals surface area contributed by atoms with Crippen LogP contribution >= 0.6 is 0 Å². The maximum atomic E-state index is 9.72. The summed E-state index contributed by atoms with van der Waals surface area (Å²) in [5.74, 6) is -1.25. The lowest BCUT2D eigenvalue weighted by molar-refractivity contribution is -0.206. The number of hydrogen-bond donors (Lipinski definition) is 2. The number of aliphatic carboxylic acids is 1. The topological polar surface area (TPSA) is 66.8 Å². The summed E-state index contributed by atoms with van der Waals surface area (Å²) in [6, 6.07) is 0. The first-order valence-corrected chi connectivity index (χ1v) is 1.88. The lowest BCUT2D eigenvalue weighted by Gasteiger charge is -1.93. The quantitative estimate of drug-likeness (QED) is 0.321. The van der Waals surface area contributed by atoms with Crippen LogP contribution in [0.4, 0.5) is 0 Å². The number of carbonyl (C=O) groups is 1. The zero-order valence-corrected chi connectivity index (χ0v) is 4.13. The summed E-state index contributed by atoms with van der Waals surface area (Å²) in [5, 5.41) is 15.7. The molecule has 0 bridgehead atoms. The predicted molar refractivity (Wildman–Crippen MR) is 25.1 cm³/mol. The molecule has 0 spiro atoms. The zero-order chi connectivity index (χ0) is 6.57. The second kappa shape index (κ2) is 3.04. The Morgan fingerprint density at radius 2 is 2.25 bits per heavy atom. The fourth-order valence-electron chi connectivity index (χ4n) is 0.201. The summed E-state index contributed by atoms with van der Waals surface area (Å²) >= 11 is 0. The van der Waals surface area contributed by atoms with E-state index in [-0.39, 0.29) is 12.2 Å². The Bertz CT molecular complexity index is 107. The summed E-state index contributed by atoms with van der Waals surface area (Å²) in [4.78, 5) is 13.2. The van der Waals surface area contributed by atoms with Crippen molar-refractivity contribution in [2.24, 2.45) is 0 Å². The molecule has 0 unspecified atom stereocenters. The van der Waals surface area contributed by atoms with Crippen LogP contribution in [0.5, 0.6) is 0 Å². The van der Waals surface area contributed by atoms with Crippen LogP contribution in [0.1, 0.15) is 6.42 Å². The van der Waals surface area contributed by atoms with Crippen molar-refractivity contribution in [1.82, 2.24) is 0 Å². The molecule has 0 aromatic carbocycles. The van der Waals surface area contributed by atoms with E-state index in [0.29, 0.717) is 0 Å². The molecule has 0 radical (unpaired) electrons. The van der Waals surface area contributed by atoms with Gasteiger partial charge in [-0.25, -0.2) is 5.26 Å². The molecule has 4 nitrogen and oxygen atoms in total. The minimum absolute atomic E-state index is 0.169. The van der Waals surface area contributed by atoms with E-state index < -0.39 is 5.97 Å². The third-order valence-electron chi connectivity index (χ3n) is 0.477. The second-order valence-corrected chi connectivity index (χ2v) is 1.20. The molecule has 0 atom stereocenters. The van der Waals surface area contributed by atoms with Crippen LogP contribution < -0.4 is 0 Å². The van der Waals surface area contributed by atoms with Crippen molar-refractivity contribution in [2.75, 3.05) is 0 Å². The molecule has 0 fully saturated rings. The molecule has 0 saturated carbocycles. The highest BCUT2D eigenvalue weighted by Crippen LogP contribution is 1.95. The van der Waals surface area contributed by atoms with Gasteiger partial charge in [-0.1, -0.05) is 6.58 Å². The smallest absolute Gasteiger partial charge is 0.311 e. The number of carboxylic acid groups (broad SMARTS) is 1. The fraction of sp³-hybridized carbons (Fsp3) is 0.250. The monoisotopic (exact) mass is 118 g/mol. The average Bonchev–Trinajstić information content (AvgIpc) is 1.65. The minimum atomic E-state index is -1.08. The van der Waals surface area contributed by atoms with Crippen LogP contribution in [-0.4, -0.2) is 16.3 Å². The van der Waals surface area contributed by atoms with Crippen molar-refractivity contribution in [1.29, 1.82) is 0 Å². The first kappa shape index (κ1) is 6.97. The molecular formula is C4H6O4. The van der Waals surface area contributed by atoms with Crippen LogP contribution in [0.3, 0.4) is 0 Å². The Kier molecular flexibility index (Phi) is 2.64. The molecule has 8 heavy (non-hydrogen) atoms. The second-order valence-electron chi connectivity index (χ2n) is 1.20. The van der Waals surface area contributed by atoms with Gasteiger partial charge in [0.05, 0.1) is 0 Å². The van der Waals surface area contributed by atoms with Crippen molar-refractivity contribution in [3.63, 3.8) is 0 Å². The molecule has 0 heterocycles. The van der Waals surface area contributed by atoms with Crippen LogP contribution in [0.2, 0.25) is 0 Å². The van der Waals surface area contributed by atoms with E-state index in [9.17, 15) is 4.79 Å². The number of hydrogen-bond acceptors (Lipinski definition) is 3. The van der Waals surface area contributed by atoms with Crippen LogP contribution in [0, 0.1) is 0 Å². The summed E-state index contributed by atoms with van der Waals surface area (Å²) < 4.78 is 0. The molecule has 0 aliphatic heterocycles. The minimum Gasteiger partial charge on any atom is -0.481 e. The molecule has 4 heteroatoms. The van der Waals surface area contributed by atoms with Crippen molar-refractivity contribution in [3.8, 4) is 0 Å². The van der Waals surface area contributed by atoms with Crippen LogP contribution in [-0.2, 0) is 9.68 Å². The third-order valence-corrected chi connectivity index (χ3v) is 0.477. The van der Waals surface area contributed by atoms with Gasteiger partial charge in [0.1, 0.15) is 12.2 Å². The molecular weight excluding hydrogens is 112 g/mol. The van der Waals surface area contributed by atoms with Gasteiger partial charge in [-0.05, 0) is 0 Å². The van der Waals surface area contributed by atoms with E-state index in [4.69, 9.17) is 10.4 Å². The van der Waals surface area contributed by atoms with Gasteiger partial charge in [-0.3, -0.25) is 4.79 Å². The highest BCUT2D eigenvalue weighted by atomic mass is 17.1. The Morgan fingerprint density at radius 1 is 1.75 bits per heavy atom. The van der Waals surface area contributed by atoms with E-state index in [1.807, 2.05) is 0 Å². The molecule has 0 rings (SSSR count). The maximum absolute atomic E-state index is 9.72. The van der Waals surface area contributed by atoms with Gasteiger partial charge in [0.15, 0.2) is 0 Å². The predicted octanol–water partition coefficient (Wildman–Crippen LogP) is 0.464. The largest absolute Gasteiger partial charge is 0.481 e. The molecule has 0 amide bonds. The number of rotatable bonds is 3. The third kappa shape index (κ3) is 3.17. The van der Waals surface area contributed by atoms with Crippen molar-refractivity contribution in [2.45, 2.75) is 6.42 Å². The molecule has 46 valence electrons. The zero-order valence-electron chi connectivity index (χ0n) is 4.13. The van der Waals surface area contributed by atoms with Crippen LogP contribution in [0.25, 0.3) is 0 Å². The van der Waals surface area contributed by atoms with Gasteiger partial charge in [0.2, 0.25) is 0 Å². The van der Waals surface area contributed by atoms with Gasteiger partial charge in [-0.2, -0.15) is 0 Å². The number of carboxylic acids is 1. The van der Waals surface area contributed by atoms with Gasteiger partial charge in [0, 0.05) is 0 Å². The summed E-state index contributed by atoms with van der Waals surface area (Å²) in [6.45, 7) is 3.06. The lowest BCUT2D eigenvalue weighted by Crippen LogP contribution is -1.97. The summed E-state index contributed by atoms with van der Waals surface area (Å²) in [7, 11) is 0. The van der Waals surface area contributed by atoms with Gasteiger partial charge >= 0.3 is 5.97 Å². The molecule has 0 aliphatic rings. The lowest BCUT2D eigenvalue weighted by atomic mass is 10.4. The molecule has 0 aromatic heterocycles. The van der Waals surface area contributed by atoms with Gasteiger partial charge in [0.25, 0.3) is 0 Å². The normalized spacial score (nSPS) is 8.12. The molecule has 2 N–H and O–H groups in total. The highest BCUT2D eigenvalue weighted by Gasteiger charge is 1.99. The standard InChI is InChI=1S/C4H6O4/c1-3(8-7)2-4(5)6/h7H,1-2H2,(H,5,6). The van der Waals surface area contributed by atoms with Crippen molar-refractivity contribution < 1.29 is 20.0 Å². The maximum Gasteiger partial charge on any atom is 0.311 e. The average molecular weight is 118 g/mol. The molecule has 0 saturated heterocycles. The Balaban J connectivity index is 3.40. The summed E-state index contributed by atoms with van der Waals surface area (Å²) in [5.41, 5.74) is 0. The first-order chi connectivity index (χ1) is 3.66. The summed E-state index contributed by atoms with van der Waals surface area (Å²) in [6.07, 6.45) is -0.365. The van der Waals surface area contributed by atoms with E-state index in [0.717, 1.165) is 0 Å². The van der Waals surface area contributed by atoms with Crippen LogP contribution in [0.15, 0.2) is 12.3 Å². The first-order valence-electron chi connectivity index (χ1n) is 1.88. The molecule has 0 aromatic rings. The van der Waals surface area contributed by atoms with E-state index in [2.05, 4.69) is 11.5 Å². The van der Waals surface area contributed by atoms with E-state index in [1.165, 1.54) is 0 Å². The van der Waals surface area contributed by atoms with Crippen molar-refractivity contribution >= 4 is 5.97 Å². The Morgan fingerprint density at radius 3 is 2.38 bits per heavy atom. The van der Waals surface area contributed by atoms with Gasteiger partial charge < -0.3 is 9.99 Å². The Hall–Kier alpha value is -1.03. The Labute approximate surface area is 45.9 Å². The van der Waals surface area contributed by atoms with E-state index in [1.54, 1.807) is 0 Å². The van der Waals surface area contributed by atoms with E-state index >= 15 is 0 Å². The SMILES string of the molecule is C=C(CC(=O)O)OO. The van der Waals surface area contributed by atoms with Gasteiger partial charge in [-0.15, -0.1) is 0 Å². The highest BCUT2D eigenvalue weighted by molar-refractivity contribution is 5.69. The molecule has 0 aliphatic carbocycles. The van der Waals surface area contributed by atoms with Crippen molar-refractivity contribution in [3.05, 3.63) is 12.3 Å².